The Morgan fingerprint density at radius 1 is 1.27 bits per heavy atom. The summed E-state index contributed by atoms with van der Waals surface area (Å²) in [7, 11) is 1.45. The fourth-order valence-corrected chi connectivity index (χ4v) is 2.58. The SMILES string of the molecule is CNC(=O)N(O)CC1=Cc2cc(Oc3ccc(F)cc3)ccc2OCC1. The van der Waals surface area contributed by atoms with Gasteiger partial charge >= 0.3 is 6.03 Å². The highest BCUT2D eigenvalue weighted by Gasteiger charge is 2.15. The molecule has 0 atom stereocenters. The monoisotopic (exact) mass is 358 g/mol. The van der Waals surface area contributed by atoms with E-state index in [9.17, 15) is 14.4 Å². The molecular formula is C19H19FN2O4. The second-order valence-electron chi connectivity index (χ2n) is 5.77. The summed E-state index contributed by atoms with van der Waals surface area (Å²) in [6.07, 6.45) is 2.45. The highest BCUT2D eigenvalue weighted by molar-refractivity contribution is 5.73. The van der Waals surface area contributed by atoms with Gasteiger partial charge in [0, 0.05) is 19.0 Å². The Morgan fingerprint density at radius 3 is 2.73 bits per heavy atom. The summed E-state index contributed by atoms with van der Waals surface area (Å²) < 4.78 is 24.4. The van der Waals surface area contributed by atoms with Gasteiger partial charge in [0.1, 0.15) is 23.1 Å². The molecule has 1 aliphatic heterocycles. The molecule has 2 aromatic rings. The number of halogens is 1. The predicted molar refractivity (Wildman–Crippen MR) is 94.0 cm³/mol. The molecule has 0 unspecified atom stereocenters. The first kappa shape index (κ1) is 17.8. The number of nitrogens with zero attached hydrogens (tertiary/aromatic N) is 1. The van der Waals surface area contributed by atoms with Crippen LogP contribution in [-0.4, -0.2) is 36.5 Å². The van der Waals surface area contributed by atoms with E-state index in [1.54, 1.807) is 30.3 Å². The van der Waals surface area contributed by atoms with Crippen LogP contribution in [0.2, 0.25) is 0 Å². The Labute approximate surface area is 150 Å². The van der Waals surface area contributed by atoms with Crippen LogP contribution in [0.4, 0.5) is 9.18 Å². The number of hydrogen-bond acceptors (Lipinski definition) is 4. The number of fused-ring (bicyclic) bond motifs is 1. The van der Waals surface area contributed by atoms with E-state index in [0.717, 1.165) is 11.1 Å². The van der Waals surface area contributed by atoms with Gasteiger partial charge in [-0.25, -0.2) is 14.2 Å². The molecule has 0 spiro atoms. The number of nitrogens with one attached hydrogen (secondary N) is 1. The summed E-state index contributed by atoms with van der Waals surface area (Å²) in [5, 5.41) is 12.7. The molecule has 2 aromatic carbocycles. The number of hydroxylamine groups is 2. The minimum Gasteiger partial charge on any atom is -0.493 e. The smallest absolute Gasteiger partial charge is 0.341 e. The predicted octanol–water partition coefficient (Wildman–Crippen LogP) is 3.81. The van der Waals surface area contributed by atoms with Gasteiger partial charge in [-0.15, -0.1) is 0 Å². The van der Waals surface area contributed by atoms with Crippen LogP contribution >= 0.6 is 0 Å². The third kappa shape index (κ3) is 4.31. The molecule has 0 bridgehead atoms. The highest BCUT2D eigenvalue weighted by atomic mass is 19.1. The van der Waals surface area contributed by atoms with Gasteiger partial charge in [-0.05, 0) is 54.1 Å². The summed E-state index contributed by atoms with van der Waals surface area (Å²) >= 11 is 0. The van der Waals surface area contributed by atoms with Crippen LogP contribution in [0, 0.1) is 5.82 Å². The van der Waals surface area contributed by atoms with Gasteiger partial charge in [-0.2, -0.15) is 0 Å². The molecule has 0 aromatic heterocycles. The second kappa shape index (κ2) is 7.88. The van der Waals surface area contributed by atoms with Crippen LogP contribution in [0.3, 0.4) is 0 Å². The first-order chi connectivity index (χ1) is 12.5. The maximum atomic E-state index is 13.0. The van der Waals surface area contributed by atoms with Gasteiger partial charge in [0.2, 0.25) is 0 Å². The van der Waals surface area contributed by atoms with Crippen molar-refractivity contribution < 1.29 is 23.9 Å². The van der Waals surface area contributed by atoms with Gasteiger partial charge in [-0.3, -0.25) is 5.21 Å². The summed E-state index contributed by atoms with van der Waals surface area (Å²) in [6, 6.07) is 10.5. The normalized spacial score (nSPS) is 13.0. The van der Waals surface area contributed by atoms with E-state index in [0.29, 0.717) is 35.3 Å². The van der Waals surface area contributed by atoms with Crippen molar-refractivity contribution in [3.63, 3.8) is 0 Å². The lowest BCUT2D eigenvalue weighted by atomic mass is 10.1. The summed E-state index contributed by atoms with van der Waals surface area (Å²) in [4.78, 5) is 11.5. The lowest BCUT2D eigenvalue weighted by molar-refractivity contribution is -0.0346. The minimum absolute atomic E-state index is 0.0749. The van der Waals surface area contributed by atoms with Crippen molar-refractivity contribution in [2.24, 2.45) is 0 Å². The number of amides is 2. The van der Waals surface area contributed by atoms with Crippen LogP contribution in [0.25, 0.3) is 6.08 Å². The number of rotatable bonds is 4. The van der Waals surface area contributed by atoms with E-state index in [4.69, 9.17) is 9.47 Å². The van der Waals surface area contributed by atoms with Crippen LogP contribution in [0.5, 0.6) is 17.2 Å². The molecular weight excluding hydrogens is 339 g/mol. The van der Waals surface area contributed by atoms with Crippen molar-refractivity contribution in [3.8, 4) is 17.2 Å². The zero-order valence-corrected chi connectivity index (χ0v) is 14.2. The van der Waals surface area contributed by atoms with Crippen LogP contribution in [0.1, 0.15) is 12.0 Å². The molecule has 0 saturated heterocycles. The Morgan fingerprint density at radius 2 is 2.00 bits per heavy atom. The Bertz CT molecular complexity index is 821. The molecule has 0 fully saturated rings. The molecule has 2 amide bonds. The van der Waals surface area contributed by atoms with E-state index in [2.05, 4.69) is 5.32 Å². The van der Waals surface area contributed by atoms with Crippen LogP contribution in [-0.2, 0) is 0 Å². The first-order valence-corrected chi connectivity index (χ1v) is 8.13. The number of carbonyl (C=O) groups is 1. The molecule has 7 heteroatoms. The van der Waals surface area contributed by atoms with Gasteiger partial charge in [0.05, 0.1) is 13.2 Å². The Kier molecular flexibility index (Phi) is 5.38. The van der Waals surface area contributed by atoms with Gasteiger partial charge < -0.3 is 14.8 Å². The first-order valence-electron chi connectivity index (χ1n) is 8.13. The number of urea groups is 1. The van der Waals surface area contributed by atoms with Crippen LogP contribution < -0.4 is 14.8 Å². The third-order valence-electron chi connectivity index (χ3n) is 3.87. The summed E-state index contributed by atoms with van der Waals surface area (Å²) in [6.45, 7) is 0.518. The minimum atomic E-state index is -0.579. The molecule has 6 nitrogen and oxygen atoms in total. The Balaban J connectivity index is 1.80. The summed E-state index contributed by atoms with van der Waals surface area (Å²) in [5.74, 6) is 1.45. The van der Waals surface area contributed by atoms with Gasteiger partial charge in [0.15, 0.2) is 0 Å². The zero-order chi connectivity index (χ0) is 18.5. The number of hydrogen-bond donors (Lipinski definition) is 2. The molecule has 136 valence electrons. The lowest BCUT2D eigenvalue weighted by Gasteiger charge is -2.15. The summed E-state index contributed by atoms with van der Waals surface area (Å²) in [5.41, 5.74) is 1.62. The fourth-order valence-electron chi connectivity index (χ4n) is 2.58. The van der Waals surface area contributed by atoms with Gasteiger partial charge in [0.25, 0.3) is 0 Å². The molecule has 0 saturated carbocycles. The maximum Gasteiger partial charge on any atom is 0.341 e. The highest BCUT2D eigenvalue weighted by Crippen LogP contribution is 2.31. The van der Waals surface area contributed by atoms with Crippen LogP contribution in [0.15, 0.2) is 48.0 Å². The van der Waals surface area contributed by atoms with E-state index in [-0.39, 0.29) is 12.4 Å². The molecule has 0 radical (unpaired) electrons. The number of benzene rings is 2. The van der Waals surface area contributed by atoms with Crippen molar-refractivity contribution in [2.45, 2.75) is 6.42 Å². The number of carbonyl (C=O) groups excluding carboxylic acids is 1. The average molecular weight is 358 g/mol. The topological polar surface area (TPSA) is 71.0 Å². The molecule has 1 heterocycles. The third-order valence-corrected chi connectivity index (χ3v) is 3.87. The zero-order valence-electron chi connectivity index (χ0n) is 14.2. The van der Waals surface area contributed by atoms with Crippen molar-refractivity contribution in [3.05, 3.63) is 59.4 Å². The maximum absolute atomic E-state index is 13.0. The van der Waals surface area contributed by atoms with Crippen molar-refractivity contribution in [2.75, 3.05) is 20.2 Å². The molecule has 3 rings (SSSR count). The van der Waals surface area contributed by atoms with Crippen molar-refractivity contribution >= 4 is 12.1 Å². The lowest BCUT2D eigenvalue weighted by Crippen LogP contribution is -2.36. The average Bonchev–Trinajstić information content (AvgIpc) is 2.84. The largest absolute Gasteiger partial charge is 0.493 e. The van der Waals surface area contributed by atoms with E-state index in [1.807, 2.05) is 6.08 Å². The van der Waals surface area contributed by atoms with Crippen molar-refractivity contribution in [1.29, 1.82) is 0 Å². The van der Waals surface area contributed by atoms with E-state index >= 15 is 0 Å². The van der Waals surface area contributed by atoms with Gasteiger partial charge in [-0.1, -0.05) is 0 Å². The van der Waals surface area contributed by atoms with Crippen molar-refractivity contribution in [1.82, 2.24) is 10.4 Å². The Hall–Kier alpha value is -3.06. The molecule has 1 aliphatic rings. The molecule has 2 N–H and O–H groups in total. The molecule has 26 heavy (non-hydrogen) atoms. The standard InChI is InChI=1S/C19H19FN2O4/c1-21-19(23)22(24)12-13-8-9-25-18-7-6-17(11-14(18)10-13)26-16-4-2-15(20)3-5-16/h2-7,10-11,24H,8-9,12H2,1H3,(H,21,23). The quantitative estimate of drug-likeness (QED) is 0.644. The van der Waals surface area contributed by atoms with E-state index < -0.39 is 6.03 Å². The fraction of sp³-hybridized carbons (Fsp3) is 0.211. The number of ether oxygens (including phenoxy) is 2. The second-order valence-corrected chi connectivity index (χ2v) is 5.77. The van der Waals surface area contributed by atoms with E-state index in [1.165, 1.54) is 19.2 Å². The molecule has 0 aliphatic carbocycles.